The van der Waals surface area contributed by atoms with E-state index in [4.69, 9.17) is 16.7 Å². The van der Waals surface area contributed by atoms with Gasteiger partial charge in [-0.1, -0.05) is 18.2 Å². The van der Waals surface area contributed by atoms with Crippen LogP contribution in [0.25, 0.3) is 0 Å². The van der Waals surface area contributed by atoms with Crippen molar-refractivity contribution in [3.63, 3.8) is 0 Å². The number of nitrogens with one attached hydrogen (secondary N) is 1. The molecular weight excluding hydrogens is 297 g/mol. The summed E-state index contributed by atoms with van der Waals surface area (Å²) in [6.07, 6.45) is 1.49. The highest BCUT2D eigenvalue weighted by Gasteiger charge is 2.07. The average Bonchev–Trinajstić information content (AvgIpc) is 2.24. The highest BCUT2D eigenvalue weighted by molar-refractivity contribution is 9.10. The molecule has 0 unspecified atom stereocenters. The molecule has 0 bridgehead atoms. The lowest BCUT2D eigenvalue weighted by atomic mass is 10.4. The summed E-state index contributed by atoms with van der Waals surface area (Å²) in [4.78, 5) is 11.7. The van der Waals surface area contributed by atoms with Gasteiger partial charge in [0.2, 0.25) is 0 Å². The predicted octanol–water partition coefficient (Wildman–Crippen LogP) is 1.16. The van der Waals surface area contributed by atoms with Crippen molar-refractivity contribution in [2.75, 3.05) is 18.5 Å². The summed E-state index contributed by atoms with van der Waals surface area (Å²) in [7, 11) is 0. The Labute approximate surface area is 106 Å². The SMILES string of the molecule is C=C(Cl)CNc1cnn(CCO)c(=O)c1Br. The lowest BCUT2D eigenvalue weighted by molar-refractivity contribution is 0.266. The van der Waals surface area contributed by atoms with Gasteiger partial charge < -0.3 is 10.4 Å². The molecule has 1 aromatic rings. The predicted molar refractivity (Wildman–Crippen MR) is 66.8 cm³/mol. The van der Waals surface area contributed by atoms with Crippen molar-refractivity contribution >= 4 is 33.2 Å². The van der Waals surface area contributed by atoms with Gasteiger partial charge in [-0.3, -0.25) is 4.79 Å². The number of hydrogen-bond acceptors (Lipinski definition) is 4. The van der Waals surface area contributed by atoms with Gasteiger partial charge in [0, 0.05) is 5.03 Å². The number of nitrogens with zero attached hydrogens (tertiary/aromatic N) is 2. The van der Waals surface area contributed by atoms with E-state index in [9.17, 15) is 4.79 Å². The molecule has 5 nitrogen and oxygen atoms in total. The molecular formula is C9H11BrClN3O2. The molecule has 0 aliphatic heterocycles. The van der Waals surface area contributed by atoms with E-state index in [-0.39, 0.29) is 18.7 Å². The first-order chi connectivity index (χ1) is 7.56. The maximum atomic E-state index is 11.7. The smallest absolute Gasteiger partial charge is 0.283 e. The van der Waals surface area contributed by atoms with E-state index >= 15 is 0 Å². The van der Waals surface area contributed by atoms with Crippen LogP contribution in [0.2, 0.25) is 0 Å². The van der Waals surface area contributed by atoms with Gasteiger partial charge in [-0.25, -0.2) is 4.68 Å². The Bertz CT molecular complexity index is 447. The van der Waals surface area contributed by atoms with E-state index in [0.717, 1.165) is 0 Å². The molecule has 0 aliphatic carbocycles. The van der Waals surface area contributed by atoms with Crippen LogP contribution in [0.4, 0.5) is 5.69 Å². The standard InChI is InChI=1S/C9H11BrClN3O2/c1-6(11)4-12-7-5-13-14(2-3-15)9(16)8(7)10/h5,12,15H,1-4H2. The molecule has 1 heterocycles. The molecule has 0 saturated heterocycles. The number of anilines is 1. The Balaban J connectivity index is 2.93. The van der Waals surface area contributed by atoms with Crippen molar-refractivity contribution in [1.82, 2.24) is 9.78 Å². The molecule has 0 aromatic carbocycles. The summed E-state index contributed by atoms with van der Waals surface area (Å²) in [5, 5.41) is 15.9. The van der Waals surface area contributed by atoms with E-state index < -0.39 is 0 Å². The quantitative estimate of drug-likeness (QED) is 0.857. The lowest BCUT2D eigenvalue weighted by Crippen LogP contribution is -2.26. The maximum absolute atomic E-state index is 11.7. The number of hydrogen-bond donors (Lipinski definition) is 2. The van der Waals surface area contributed by atoms with Gasteiger partial charge in [-0.15, -0.1) is 0 Å². The van der Waals surface area contributed by atoms with Crippen molar-refractivity contribution in [1.29, 1.82) is 0 Å². The molecule has 2 N–H and O–H groups in total. The number of halogens is 2. The van der Waals surface area contributed by atoms with Crippen LogP contribution in [0, 0.1) is 0 Å². The van der Waals surface area contributed by atoms with Crippen LogP contribution >= 0.6 is 27.5 Å². The molecule has 0 atom stereocenters. The summed E-state index contributed by atoms with van der Waals surface area (Å²) in [5.74, 6) is 0. The molecule has 7 heteroatoms. The van der Waals surface area contributed by atoms with Crippen molar-refractivity contribution in [2.24, 2.45) is 0 Å². The fourth-order valence-electron chi connectivity index (χ4n) is 1.03. The van der Waals surface area contributed by atoms with Gasteiger partial charge >= 0.3 is 0 Å². The first-order valence-corrected chi connectivity index (χ1v) is 5.67. The fourth-order valence-corrected chi connectivity index (χ4v) is 1.55. The van der Waals surface area contributed by atoms with Gasteiger partial charge in [0.1, 0.15) is 4.47 Å². The van der Waals surface area contributed by atoms with Gasteiger partial charge in [0.25, 0.3) is 5.56 Å². The van der Waals surface area contributed by atoms with Crippen molar-refractivity contribution < 1.29 is 5.11 Å². The van der Waals surface area contributed by atoms with Crippen LogP contribution in [0.15, 0.2) is 27.1 Å². The minimum atomic E-state index is -0.306. The highest BCUT2D eigenvalue weighted by atomic mass is 79.9. The molecule has 0 saturated carbocycles. The van der Waals surface area contributed by atoms with Gasteiger partial charge in [-0.2, -0.15) is 5.10 Å². The van der Waals surface area contributed by atoms with Crippen LogP contribution in [0.3, 0.4) is 0 Å². The van der Waals surface area contributed by atoms with E-state index in [1.54, 1.807) is 0 Å². The molecule has 0 aliphatic rings. The monoisotopic (exact) mass is 307 g/mol. The van der Waals surface area contributed by atoms with Crippen LogP contribution in [0.5, 0.6) is 0 Å². The molecule has 0 fully saturated rings. The average molecular weight is 309 g/mol. The first-order valence-electron chi connectivity index (χ1n) is 4.50. The number of aliphatic hydroxyl groups is 1. The third-order valence-electron chi connectivity index (χ3n) is 1.77. The largest absolute Gasteiger partial charge is 0.394 e. The zero-order valence-corrected chi connectivity index (χ0v) is 10.8. The van der Waals surface area contributed by atoms with E-state index in [1.165, 1.54) is 10.9 Å². The topological polar surface area (TPSA) is 67.2 Å². The third kappa shape index (κ3) is 3.33. The molecule has 1 rings (SSSR count). The molecule has 0 radical (unpaired) electrons. The molecule has 16 heavy (non-hydrogen) atoms. The Morgan fingerprint density at radius 2 is 2.44 bits per heavy atom. The summed E-state index contributed by atoms with van der Waals surface area (Å²) in [6.45, 7) is 3.90. The summed E-state index contributed by atoms with van der Waals surface area (Å²) >= 11 is 8.75. The van der Waals surface area contributed by atoms with Gasteiger partial charge in [0.15, 0.2) is 0 Å². The highest BCUT2D eigenvalue weighted by Crippen LogP contribution is 2.16. The second kappa shape index (κ2) is 6.03. The lowest BCUT2D eigenvalue weighted by Gasteiger charge is -2.08. The van der Waals surface area contributed by atoms with E-state index in [1.807, 2.05) is 0 Å². The molecule has 0 amide bonds. The summed E-state index contributed by atoms with van der Waals surface area (Å²) in [6, 6.07) is 0. The zero-order chi connectivity index (χ0) is 12.1. The van der Waals surface area contributed by atoms with Crippen molar-refractivity contribution in [2.45, 2.75) is 6.54 Å². The summed E-state index contributed by atoms with van der Waals surface area (Å²) < 4.78 is 1.53. The van der Waals surface area contributed by atoms with Crippen molar-refractivity contribution in [3.8, 4) is 0 Å². The van der Waals surface area contributed by atoms with E-state index in [2.05, 4.69) is 32.9 Å². The van der Waals surface area contributed by atoms with Crippen LogP contribution in [-0.4, -0.2) is 28.0 Å². The third-order valence-corrected chi connectivity index (χ3v) is 2.67. The Kier molecular flexibility index (Phi) is 4.98. The van der Waals surface area contributed by atoms with Gasteiger partial charge in [-0.05, 0) is 15.9 Å². The fraction of sp³-hybridized carbons (Fsp3) is 0.333. The second-order valence-corrected chi connectivity index (χ2v) is 4.32. The minimum Gasteiger partial charge on any atom is -0.394 e. The van der Waals surface area contributed by atoms with Crippen molar-refractivity contribution in [3.05, 3.63) is 32.6 Å². The van der Waals surface area contributed by atoms with Crippen LogP contribution in [0.1, 0.15) is 0 Å². The minimum absolute atomic E-state index is 0.134. The number of aromatic nitrogens is 2. The van der Waals surface area contributed by atoms with Crippen LogP contribution < -0.4 is 10.9 Å². The normalized spacial score (nSPS) is 10.2. The second-order valence-electron chi connectivity index (χ2n) is 2.99. The number of aliphatic hydroxyl groups excluding tert-OH is 1. The zero-order valence-electron chi connectivity index (χ0n) is 8.41. The number of rotatable bonds is 5. The van der Waals surface area contributed by atoms with E-state index in [0.29, 0.717) is 21.7 Å². The summed E-state index contributed by atoms with van der Waals surface area (Å²) in [5.41, 5.74) is 0.236. The van der Waals surface area contributed by atoms with Crippen LogP contribution in [-0.2, 0) is 6.54 Å². The Morgan fingerprint density at radius 1 is 1.75 bits per heavy atom. The molecule has 0 spiro atoms. The first kappa shape index (κ1) is 13.2. The molecule has 88 valence electrons. The van der Waals surface area contributed by atoms with Gasteiger partial charge in [0.05, 0.1) is 31.6 Å². The Hall–Kier alpha value is -0.850. The molecule has 1 aromatic heterocycles. The Morgan fingerprint density at radius 3 is 3.00 bits per heavy atom. The maximum Gasteiger partial charge on any atom is 0.283 e.